The van der Waals surface area contributed by atoms with E-state index in [4.69, 9.17) is 11.6 Å². The molecule has 26 heavy (non-hydrogen) atoms. The monoisotopic (exact) mass is 402 g/mol. The van der Waals surface area contributed by atoms with Gasteiger partial charge in [0, 0.05) is 5.69 Å². The lowest BCUT2D eigenvalue weighted by Crippen LogP contribution is -2.47. The highest BCUT2D eigenvalue weighted by Crippen LogP contribution is 2.24. The number of anilines is 2. The largest absolute Gasteiger partial charge is 0.324 e. The summed E-state index contributed by atoms with van der Waals surface area (Å²) in [7, 11) is -3.83. The van der Waals surface area contributed by atoms with E-state index in [9.17, 15) is 22.0 Å². The zero-order chi connectivity index (χ0) is 19.5. The minimum absolute atomic E-state index is 0.158. The van der Waals surface area contributed by atoms with E-state index in [0.717, 1.165) is 28.8 Å². The number of hydrogen-bond acceptors (Lipinski definition) is 3. The SMILES string of the molecule is CCC(C(=O)Nc1ccc(F)c(Cl)c1)N(c1ccc(F)cc1)S(C)(=O)=O. The quantitative estimate of drug-likeness (QED) is 0.799. The molecular weight excluding hydrogens is 386 g/mol. The number of rotatable bonds is 6. The van der Waals surface area contributed by atoms with Gasteiger partial charge in [0.15, 0.2) is 0 Å². The topological polar surface area (TPSA) is 66.5 Å². The van der Waals surface area contributed by atoms with Gasteiger partial charge in [-0.25, -0.2) is 17.2 Å². The van der Waals surface area contributed by atoms with E-state index in [2.05, 4.69) is 5.32 Å². The Bertz CT molecular complexity index is 905. The fourth-order valence-electron chi connectivity index (χ4n) is 2.45. The summed E-state index contributed by atoms with van der Waals surface area (Å²) in [5.41, 5.74) is 0.389. The molecule has 0 spiro atoms. The van der Waals surface area contributed by atoms with Gasteiger partial charge in [-0.1, -0.05) is 18.5 Å². The Balaban J connectivity index is 2.36. The molecule has 0 saturated heterocycles. The van der Waals surface area contributed by atoms with Crippen LogP contribution in [0.2, 0.25) is 5.02 Å². The summed E-state index contributed by atoms with van der Waals surface area (Å²) in [5, 5.41) is 2.35. The molecule has 1 atom stereocenters. The van der Waals surface area contributed by atoms with E-state index in [1.54, 1.807) is 6.92 Å². The summed E-state index contributed by atoms with van der Waals surface area (Å²) in [6.07, 6.45) is 1.12. The normalized spacial score (nSPS) is 12.5. The average molecular weight is 403 g/mol. The van der Waals surface area contributed by atoms with Crippen molar-refractivity contribution in [2.45, 2.75) is 19.4 Å². The molecule has 0 aliphatic rings. The zero-order valence-electron chi connectivity index (χ0n) is 14.0. The van der Waals surface area contributed by atoms with E-state index in [-0.39, 0.29) is 22.8 Å². The van der Waals surface area contributed by atoms with Gasteiger partial charge in [-0.2, -0.15) is 0 Å². The van der Waals surface area contributed by atoms with E-state index < -0.39 is 33.6 Å². The Kier molecular flexibility index (Phi) is 6.20. The first kappa shape index (κ1) is 20.1. The van der Waals surface area contributed by atoms with Crippen molar-refractivity contribution in [3.8, 4) is 0 Å². The van der Waals surface area contributed by atoms with Gasteiger partial charge in [0.1, 0.15) is 17.7 Å². The fraction of sp³-hybridized carbons (Fsp3) is 0.235. The molecule has 0 heterocycles. The Morgan fingerprint density at radius 2 is 1.81 bits per heavy atom. The number of halogens is 3. The summed E-state index contributed by atoms with van der Waals surface area (Å²) in [6, 6.07) is 7.32. The zero-order valence-corrected chi connectivity index (χ0v) is 15.6. The second-order valence-corrected chi connectivity index (χ2v) is 7.84. The Labute approximate surface area is 155 Å². The maximum Gasteiger partial charge on any atom is 0.248 e. The van der Waals surface area contributed by atoms with Crippen molar-refractivity contribution in [2.24, 2.45) is 0 Å². The molecule has 140 valence electrons. The van der Waals surface area contributed by atoms with Crippen LogP contribution in [0.5, 0.6) is 0 Å². The summed E-state index contributed by atoms with van der Waals surface area (Å²) in [6.45, 7) is 1.64. The highest BCUT2D eigenvalue weighted by Gasteiger charge is 2.31. The number of amides is 1. The van der Waals surface area contributed by atoms with Gasteiger partial charge in [0.2, 0.25) is 15.9 Å². The molecule has 1 N–H and O–H groups in total. The molecule has 0 fully saturated rings. The molecule has 2 aromatic carbocycles. The summed E-state index contributed by atoms with van der Waals surface area (Å²) in [4.78, 5) is 12.6. The molecule has 0 aliphatic carbocycles. The molecule has 9 heteroatoms. The van der Waals surface area contributed by atoms with Crippen LogP contribution in [0.1, 0.15) is 13.3 Å². The molecule has 5 nitrogen and oxygen atoms in total. The van der Waals surface area contributed by atoms with Crippen LogP contribution in [0.4, 0.5) is 20.2 Å². The molecule has 0 aliphatic heterocycles. The smallest absolute Gasteiger partial charge is 0.248 e. The Hall–Kier alpha value is -2.19. The minimum atomic E-state index is -3.83. The minimum Gasteiger partial charge on any atom is -0.324 e. The number of carbonyl (C=O) groups excluding carboxylic acids is 1. The van der Waals surface area contributed by atoms with Crippen LogP contribution < -0.4 is 9.62 Å². The summed E-state index contributed by atoms with van der Waals surface area (Å²) >= 11 is 5.69. The van der Waals surface area contributed by atoms with Crippen LogP contribution in [0, 0.1) is 11.6 Å². The van der Waals surface area contributed by atoms with Crippen molar-refractivity contribution in [1.82, 2.24) is 0 Å². The predicted octanol–water partition coefficient (Wildman–Crippen LogP) is 3.80. The third-order valence-corrected chi connectivity index (χ3v) is 5.07. The molecule has 0 radical (unpaired) electrons. The first-order valence-electron chi connectivity index (χ1n) is 7.64. The van der Waals surface area contributed by atoms with E-state index in [0.29, 0.717) is 0 Å². The standard InChI is InChI=1S/C17H17ClF2N2O3S/c1-3-16(17(23)21-12-6-9-15(20)14(18)10-12)22(26(2,24)25)13-7-4-11(19)5-8-13/h4-10,16H,3H2,1-2H3,(H,21,23). The molecule has 2 aromatic rings. The van der Waals surface area contributed by atoms with Gasteiger partial charge >= 0.3 is 0 Å². The van der Waals surface area contributed by atoms with Gasteiger partial charge in [-0.3, -0.25) is 9.10 Å². The van der Waals surface area contributed by atoms with Gasteiger partial charge in [0.25, 0.3) is 0 Å². The molecule has 0 aromatic heterocycles. The Morgan fingerprint density at radius 3 is 2.31 bits per heavy atom. The second kappa shape index (κ2) is 8.01. The summed E-state index contributed by atoms with van der Waals surface area (Å²) < 4.78 is 51.8. The molecular formula is C17H17ClF2N2O3S. The lowest BCUT2D eigenvalue weighted by molar-refractivity contribution is -0.117. The van der Waals surface area contributed by atoms with Crippen molar-refractivity contribution in [3.05, 3.63) is 59.1 Å². The van der Waals surface area contributed by atoms with Gasteiger partial charge < -0.3 is 5.32 Å². The van der Waals surface area contributed by atoms with Crippen LogP contribution in [-0.2, 0) is 14.8 Å². The number of hydrogen-bond donors (Lipinski definition) is 1. The number of nitrogens with one attached hydrogen (secondary N) is 1. The second-order valence-electron chi connectivity index (χ2n) is 5.58. The fourth-order valence-corrected chi connectivity index (χ4v) is 3.84. The third-order valence-electron chi connectivity index (χ3n) is 3.60. The predicted molar refractivity (Wildman–Crippen MR) is 97.8 cm³/mol. The first-order chi connectivity index (χ1) is 12.1. The van der Waals surface area contributed by atoms with Crippen LogP contribution in [0.3, 0.4) is 0 Å². The van der Waals surface area contributed by atoms with Crippen LogP contribution in [-0.4, -0.2) is 26.6 Å². The third kappa shape index (κ3) is 4.70. The van der Waals surface area contributed by atoms with E-state index >= 15 is 0 Å². The van der Waals surface area contributed by atoms with Gasteiger partial charge in [0.05, 0.1) is 17.0 Å². The number of sulfonamides is 1. The van der Waals surface area contributed by atoms with Crippen molar-refractivity contribution < 1.29 is 22.0 Å². The van der Waals surface area contributed by atoms with Crippen LogP contribution >= 0.6 is 11.6 Å². The van der Waals surface area contributed by atoms with Crippen molar-refractivity contribution in [3.63, 3.8) is 0 Å². The maximum atomic E-state index is 13.2. The van der Waals surface area contributed by atoms with Gasteiger partial charge in [-0.15, -0.1) is 0 Å². The molecule has 0 bridgehead atoms. The molecule has 1 amide bonds. The van der Waals surface area contributed by atoms with Crippen LogP contribution in [0.15, 0.2) is 42.5 Å². The molecule has 1 unspecified atom stereocenters. The number of nitrogens with zero attached hydrogens (tertiary/aromatic N) is 1. The highest BCUT2D eigenvalue weighted by molar-refractivity contribution is 7.92. The summed E-state index contributed by atoms with van der Waals surface area (Å²) in [5.74, 6) is -1.79. The lowest BCUT2D eigenvalue weighted by Gasteiger charge is -2.30. The number of carbonyl (C=O) groups is 1. The number of benzene rings is 2. The lowest BCUT2D eigenvalue weighted by atomic mass is 10.1. The van der Waals surface area contributed by atoms with Crippen LogP contribution in [0.25, 0.3) is 0 Å². The molecule has 2 rings (SSSR count). The highest BCUT2D eigenvalue weighted by atomic mass is 35.5. The van der Waals surface area contributed by atoms with Crippen molar-refractivity contribution in [1.29, 1.82) is 0 Å². The van der Waals surface area contributed by atoms with Crippen molar-refractivity contribution >= 4 is 38.9 Å². The molecule has 0 saturated carbocycles. The average Bonchev–Trinajstić information content (AvgIpc) is 2.56. The van der Waals surface area contributed by atoms with E-state index in [1.165, 1.54) is 24.3 Å². The Morgan fingerprint density at radius 1 is 1.19 bits per heavy atom. The van der Waals surface area contributed by atoms with Crippen molar-refractivity contribution in [2.75, 3.05) is 15.9 Å². The van der Waals surface area contributed by atoms with E-state index in [1.807, 2.05) is 0 Å². The maximum absolute atomic E-state index is 13.2. The first-order valence-corrected chi connectivity index (χ1v) is 9.87. The van der Waals surface area contributed by atoms with Gasteiger partial charge in [-0.05, 0) is 48.9 Å².